The zero-order chi connectivity index (χ0) is 17.5. The number of aromatic amines is 1. The average Bonchev–Trinajstić information content (AvgIpc) is 3.37. The van der Waals surface area contributed by atoms with Gasteiger partial charge in [-0.05, 0) is 42.3 Å². The minimum atomic E-state index is 0.299. The quantitative estimate of drug-likeness (QED) is 0.572. The third kappa shape index (κ3) is 2.61. The molecule has 0 bridgehead atoms. The van der Waals surface area contributed by atoms with Crippen molar-refractivity contribution in [1.82, 2.24) is 14.5 Å². The first kappa shape index (κ1) is 15.3. The lowest BCUT2D eigenvalue weighted by molar-refractivity contribution is 0.174. The number of hydrogen-bond acceptors (Lipinski definition) is 3. The molecule has 0 radical (unpaired) electrons. The molecule has 0 spiro atoms. The van der Waals surface area contributed by atoms with Crippen LogP contribution in [0.1, 0.15) is 5.56 Å². The van der Waals surface area contributed by atoms with Crippen LogP contribution in [-0.4, -0.2) is 21.3 Å². The largest absolute Gasteiger partial charge is 0.454 e. The Bertz CT molecular complexity index is 1100. The highest BCUT2D eigenvalue weighted by Crippen LogP contribution is 2.33. The van der Waals surface area contributed by atoms with Crippen molar-refractivity contribution in [1.29, 1.82) is 0 Å². The number of halogens is 1. The highest BCUT2D eigenvalue weighted by atomic mass is 35.5. The summed E-state index contributed by atoms with van der Waals surface area (Å²) in [5, 5.41) is 1.83. The molecule has 1 aliphatic rings. The Morgan fingerprint density at radius 2 is 2.04 bits per heavy atom. The van der Waals surface area contributed by atoms with E-state index in [-0.39, 0.29) is 0 Å². The summed E-state index contributed by atoms with van der Waals surface area (Å²) in [5.74, 6) is 1.63. The molecule has 0 amide bonds. The van der Waals surface area contributed by atoms with Gasteiger partial charge in [0.1, 0.15) is 0 Å². The maximum atomic E-state index is 6.18. The van der Waals surface area contributed by atoms with Crippen LogP contribution in [0.4, 0.5) is 0 Å². The monoisotopic (exact) mass is 365 g/mol. The molecule has 0 aliphatic carbocycles. The van der Waals surface area contributed by atoms with Gasteiger partial charge in [0.15, 0.2) is 11.5 Å². The molecule has 3 heterocycles. The van der Waals surface area contributed by atoms with Crippen LogP contribution in [0.25, 0.3) is 22.2 Å². The molecule has 1 N–H and O–H groups in total. The lowest BCUT2D eigenvalue weighted by atomic mass is 10.1. The van der Waals surface area contributed by atoms with Crippen LogP contribution in [0.15, 0.2) is 55.1 Å². The molecule has 0 fully saturated rings. The van der Waals surface area contributed by atoms with Gasteiger partial charge in [0, 0.05) is 34.2 Å². The van der Waals surface area contributed by atoms with Gasteiger partial charge in [0.25, 0.3) is 0 Å². The van der Waals surface area contributed by atoms with E-state index in [2.05, 4.69) is 20.6 Å². The zero-order valence-electron chi connectivity index (χ0n) is 13.9. The van der Waals surface area contributed by atoms with Crippen LogP contribution in [0, 0.1) is 0 Å². The van der Waals surface area contributed by atoms with Gasteiger partial charge in [-0.15, -0.1) is 0 Å². The Morgan fingerprint density at radius 1 is 1.12 bits per heavy atom. The standard InChI is InChI=1S/C20H16ClN3O2/c21-14-2-3-17-15(8-14)16(9-23-17)18-10-22-11-24(18)6-5-13-1-4-19-20(7-13)26-12-25-19/h1-4,7-11,23H,5-6,12H2. The van der Waals surface area contributed by atoms with Crippen LogP contribution in [0.5, 0.6) is 11.5 Å². The number of benzene rings is 2. The molecule has 2 aromatic heterocycles. The fraction of sp³-hybridized carbons (Fsp3) is 0.150. The van der Waals surface area contributed by atoms with Gasteiger partial charge in [0.05, 0.1) is 18.2 Å². The van der Waals surface area contributed by atoms with E-state index in [0.29, 0.717) is 6.79 Å². The molecular formula is C20H16ClN3O2. The fourth-order valence-electron chi connectivity index (χ4n) is 3.37. The van der Waals surface area contributed by atoms with Crippen LogP contribution < -0.4 is 9.47 Å². The van der Waals surface area contributed by atoms with E-state index in [1.165, 1.54) is 5.56 Å². The highest BCUT2D eigenvalue weighted by molar-refractivity contribution is 6.31. The van der Waals surface area contributed by atoms with E-state index in [0.717, 1.165) is 51.6 Å². The maximum Gasteiger partial charge on any atom is 0.231 e. The van der Waals surface area contributed by atoms with Crippen molar-refractivity contribution in [2.24, 2.45) is 0 Å². The maximum absolute atomic E-state index is 6.18. The number of rotatable bonds is 4. The van der Waals surface area contributed by atoms with E-state index >= 15 is 0 Å². The first-order valence-electron chi connectivity index (χ1n) is 8.43. The number of aryl methyl sites for hydroxylation is 2. The molecule has 26 heavy (non-hydrogen) atoms. The molecule has 0 unspecified atom stereocenters. The number of fused-ring (bicyclic) bond motifs is 2. The molecular weight excluding hydrogens is 350 g/mol. The Morgan fingerprint density at radius 3 is 3.00 bits per heavy atom. The second-order valence-electron chi connectivity index (χ2n) is 6.30. The molecule has 2 aromatic carbocycles. The van der Waals surface area contributed by atoms with Crippen molar-refractivity contribution in [3.05, 3.63) is 65.7 Å². The molecule has 1 aliphatic heterocycles. The van der Waals surface area contributed by atoms with Crippen molar-refractivity contribution >= 4 is 22.5 Å². The van der Waals surface area contributed by atoms with Gasteiger partial charge in [-0.3, -0.25) is 0 Å². The molecule has 5 nitrogen and oxygen atoms in total. The van der Waals surface area contributed by atoms with Gasteiger partial charge in [-0.2, -0.15) is 0 Å². The molecule has 0 saturated heterocycles. The molecule has 130 valence electrons. The van der Waals surface area contributed by atoms with Crippen molar-refractivity contribution in [3.63, 3.8) is 0 Å². The lowest BCUT2D eigenvalue weighted by Crippen LogP contribution is -2.02. The third-order valence-electron chi connectivity index (χ3n) is 4.71. The number of aromatic nitrogens is 3. The lowest BCUT2D eigenvalue weighted by Gasteiger charge is -2.08. The van der Waals surface area contributed by atoms with E-state index in [9.17, 15) is 0 Å². The first-order chi connectivity index (χ1) is 12.8. The molecule has 5 rings (SSSR count). The summed E-state index contributed by atoms with van der Waals surface area (Å²) in [6.07, 6.45) is 6.65. The van der Waals surface area contributed by atoms with Gasteiger partial charge in [0.2, 0.25) is 6.79 Å². The predicted molar refractivity (Wildman–Crippen MR) is 101 cm³/mol. The Balaban J connectivity index is 1.43. The Labute approximate surface area is 155 Å². The SMILES string of the molecule is Clc1ccc2[nH]cc(-c3cncn3CCc3ccc4c(c3)OCO4)c2c1. The number of nitrogens with zero attached hydrogens (tertiary/aromatic N) is 2. The average molecular weight is 366 g/mol. The van der Waals surface area contributed by atoms with E-state index in [1.54, 1.807) is 0 Å². The van der Waals surface area contributed by atoms with Gasteiger partial charge >= 0.3 is 0 Å². The summed E-state index contributed by atoms with van der Waals surface area (Å²) in [5.41, 5.74) is 4.44. The van der Waals surface area contributed by atoms with Crippen molar-refractivity contribution in [2.45, 2.75) is 13.0 Å². The summed E-state index contributed by atoms with van der Waals surface area (Å²) < 4.78 is 13.0. The number of ether oxygens (including phenoxy) is 2. The summed E-state index contributed by atoms with van der Waals surface area (Å²) in [6, 6.07) is 12.0. The minimum Gasteiger partial charge on any atom is -0.454 e. The van der Waals surface area contributed by atoms with Crippen molar-refractivity contribution < 1.29 is 9.47 Å². The van der Waals surface area contributed by atoms with Crippen LogP contribution >= 0.6 is 11.6 Å². The van der Waals surface area contributed by atoms with E-state index in [1.807, 2.05) is 49.1 Å². The highest BCUT2D eigenvalue weighted by Gasteiger charge is 2.14. The number of H-pyrrole nitrogens is 1. The molecule has 4 aromatic rings. The van der Waals surface area contributed by atoms with Gasteiger partial charge in [-0.25, -0.2) is 4.98 Å². The summed E-state index contributed by atoms with van der Waals surface area (Å²) in [7, 11) is 0. The fourth-order valence-corrected chi connectivity index (χ4v) is 3.55. The predicted octanol–water partition coefficient (Wildman–Crippen LogP) is 4.66. The Hall–Kier alpha value is -2.92. The molecule has 6 heteroatoms. The molecule has 0 saturated carbocycles. The summed E-state index contributed by atoms with van der Waals surface area (Å²) in [6.45, 7) is 1.12. The Kier molecular flexibility index (Phi) is 3.60. The normalized spacial score (nSPS) is 12.8. The van der Waals surface area contributed by atoms with Crippen LogP contribution in [-0.2, 0) is 13.0 Å². The van der Waals surface area contributed by atoms with Gasteiger partial charge in [-0.1, -0.05) is 17.7 Å². The second kappa shape index (κ2) is 6.11. The van der Waals surface area contributed by atoms with Crippen molar-refractivity contribution in [2.75, 3.05) is 6.79 Å². The van der Waals surface area contributed by atoms with Crippen LogP contribution in [0.3, 0.4) is 0 Å². The van der Waals surface area contributed by atoms with Gasteiger partial charge < -0.3 is 19.0 Å². The summed E-state index contributed by atoms with van der Waals surface area (Å²) >= 11 is 6.18. The first-order valence-corrected chi connectivity index (χ1v) is 8.81. The minimum absolute atomic E-state index is 0.299. The topological polar surface area (TPSA) is 52.1 Å². The number of imidazole rings is 1. The third-order valence-corrected chi connectivity index (χ3v) is 4.95. The molecule has 0 atom stereocenters. The van der Waals surface area contributed by atoms with Crippen LogP contribution in [0.2, 0.25) is 5.02 Å². The number of hydrogen-bond donors (Lipinski definition) is 1. The van der Waals surface area contributed by atoms with E-state index < -0.39 is 0 Å². The number of nitrogens with one attached hydrogen (secondary N) is 1. The van der Waals surface area contributed by atoms with Crippen molar-refractivity contribution in [3.8, 4) is 22.8 Å². The zero-order valence-corrected chi connectivity index (χ0v) is 14.7. The smallest absolute Gasteiger partial charge is 0.231 e. The van der Waals surface area contributed by atoms with E-state index in [4.69, 9.17) is 21.1 Å². The summed E-state index contributed by atoms with van der Waals surface area (Å²) in [4.78, 5) is 7.65. The second-order valence-corrected chi connectivity index (χ2v) is 6.74.